The molecule has 0 saturated carbocycles. The van der Waals surface area contributed by atoms with Gasteiger partial charge in [-0.15, -0.1) is 0 Å². The van der Waals surface area contributed by atoms with E-state index in [0.29, 0.717) is 19.8 Å². The normalized spacial score (nSPS) is 17.5. The van der Waals surface area contributed by atoms with Crippen LogP contribution in [0, 0.1) is 0 Å². The molecule has 2 fully saturated rings. The summed E-state index contributed by atoms with van der Waals surface area (Å²) in [6.45, 7) is 5.17. The number of hydrogen-bond donors (Lipinski definition) is 0. The number of ketones is 1. The lowest BCUT2D eigenvalue weighted by atomic mass is 10.0. The zero-order valence-electron chi connectivity index (χ0n) is 20.3. The predicted molar refractivity (Wildman–Crippen MR) is 139 cm³/mol. The smallest absolute Gasteiger partial charge is 0.176 e. The van der Waals surface area contributed by atoms with Gasteiger partial charge in [0.15, 0.2) is 17.3 Å². The number of hydrogen-bond acceptors (Lipinski definition) is 7. The molecule has 2 aromatic carbocycles. The van der Waals surface area contributed by atoms with Crippen LogP contribution in [0.2, 0.25) is 0 Å². The van der Waals surface area contributed by atoms with Crippen LogP contribution in [0.1, 0.15) is 29.2 Å². The molecule has 2 aliphatic heterocycles. The van der Waals surface area contributed by atoms with Crippen LogP contribution in [-0.4, -0.2) is 76.4 Å². The molecule has 0 unspecified atom stereocenters. The molecule has 0 radical (unpaired) electrons. The minimum absolute atomic E-state index is 0.175. The standard InChI is InChI=1S/C28H30N6O2/c35-25(21-7-3-1-4-8-21)20-32-13-11-23(12-14-32)34-28-24(19-29-34)27(33-15-17-36-18-16-33)30-26(31-28)22-9-5-2-6-10-22/h1-10,19,23H,11-18,20H2. The summed E-state index contributed by atoms with van der Waals surface area (Å²) in [5, 5.41) is 5.80. The van der Waals surface area contributed by atoms with Crippen LogP contribution in [0.15, 0.2) is 66.9 Å². The summed E-state index contributed by atoms with van der Waals surface area (Å²) < 4.78 is 7.67. The molecule has 8 nitrogen and oxygen atoms in total. The first-order valence-corrected chi connectivity index (χ1v) is 12.7. The highest BCUT2D eigenvalue weighted by molar-refractivity contribution is 5.97. The maximum Gasteiger partial charge on any atom is 0.176 e. The summed E-state index contributed by atoms with van der Waals surface area (Å²) in [5.41, 5.74) is 2.65. The van der Waals surface area contributed by atoms with Crippen LogP contribution >= 0.6 is 0 Å². The van der Waals surface area contributed by atoms with Crippen molar-refractivity contribution in [2.24, 2.45) is 0 Å². The van der Waals surface area contributed by atoms with E-state index in [1.54, 1.807) is 0 Å². The van der Waals surface area contributed by atoms with Gasteiger partial charge in [0.25, 0.3) is 0 Å². The molecule has 2 saturated heterocycles. The van der Waals surface area contributed by atoms with Gasteiger partial charge in [0.2, 0.25) is 0 Å². The molecule has 0 atom stereocenters. The molecule has 2 aliphatic rings. The lowest BCUT2D eigenvalue weighted by molar-refractivity contribution is 0.0896. The van der Waals surface area contributed by atoms with Crippen molar-refractivity contribution in [1.29, 1.82) is 0 Å². The fourth-order valence-corrected chi connectivity index (χ4v) is 5.15. The number of fused-ring (bicyclic) bond motifs is 1. The Morgan fingerprint density at radius 1 is 0.889 bits per heavy atom. The molecule has 0 amide bonds. The van der Waals surface area contributed by atoms with Crippen molar-refractivity contribution in [3.63, 3.8) is 0 Å². The summed E-state index contributed by atoms with van der Waals surface area (Å²) in [4.78, 5) is 27.2. The van der Waals surface area contributed by atoms with Crippen LogP contribution in [0.5, 0.6) is 0 Å². The van der Waals surface area contributed by atoms with Crippen molar-refractivity contribution >= 4 is 22.6 Å². The molecule has 0 spiro atoms. The summed E-state index contributed by atoms with van der Waals surface area (Å²) in [6.07, 6.45) is 3.77. The van der Waals surface area contributed by atoms with E-state index in [-0.39, 0.29) is 11.8 Å². The minimum Gasteiger partial charge on any atom is -0.378 e. The second-order valence-corrected chi connectivity index (χ2v) is 9.46. The first kappa shape index (κ1) is 22.8. The lowest BCUT2D eigenvalue weighted by Crippen LogP contribution is -2.38. The molecular formula is C28H30N6O2. The monoisotopic (exact) mass is 482 g/mol. The second kappa shape index (κ2) is 10.2. The summed E-state index contributed by atoms with van der Waals surface area (Å²) in [7, 11) is 0. The predicted octanol–water partition coefficient (Wildman–Crippen LogP) is 3.85. The number of ether oxygens (including phenoxy) is 1. The molecule has 8 heteroatoms. The molecule has 0 aliphatic carbocycles. The van der Waals surface area contributed by atoms with Crippen LogP contribution in [0.25, 0.3) is 22.4 Å². The van der Waals surface area contributed by atoms with Gasteiger partial charge in [0.1, 0.15) is 5.82 Å². The molecular weight excluding hydrogens is 452 g/mol. The molecule has 184 valence electrons. The number of aromatic nitrogens is 4. The third kappa shape index (κ3) is 4.62. The molecule has 2 aromatic heterocycles. The third-order valence-corrected chi connectivity index (χ3v) is 7.14. The Morgan fingerprint density at radius 3 is 2.31 bits per heavy atom. The quantitative estimate of drug-likeness (QED) is 0.387. The number of morpholine rings is 1. The Labute approximate surface area is 210 Å². The number of likely N-dealkylation sites (tertiary alicyclic amines) is 1. The maximum absolute atomic E-state index is 12.7. The number of anilines is 1. The summed E-state index contributed by atoms with van der Waals surface area (Å²) >= 11 is 0. The summed E-state index contributed by atoms with van der Waals surface area (Å²) in [6, 6.07) is 19.9. The van der Waals surface area contributed by atoms with E-state index in [0.717, 1.165) is 72.8 Å². The van der Waals surface area contributed by atoms with E-state index in [1.165, 1.54) is 0 Å². The van der Waals surface area contributed by atoms with E-state index in [2.05, 4.69) is 14.5 Å². The van der Waals surface area contributed by atoms with E-state index in [9.17, 15) is 4.79 Å². The molecule has 4 aromatic rings. The van der Waals surface area contributed by atoms with Gasteiger partial charge >= 0.3 is 0 Å². The molecule has 0 bridgehead atoms. The van der Waals surface area contributed by atoms with Crippen LogP contribution < -0.4 is 4.90 Å². The van der Waals surface area contributed by atoms with Gasteiger partial charge in [-0.1, -0.05) is 60.7 Å². The Balaban J connectivity index is 1.26. The number of rotatable bonds is 6. The Morgan fingerprint density at radius 2 is 1.58 bits per heavy atom. The number of Topliss-reactive ketones (excluding diaryl/α,β-unsaturated/α-hetero) is 1. The first-order valence-electron chi connectivity index (χ1n) is 12.7. The van der Waals surface area contributed by atoms with Crippen molar-refractivity contribution in [2.75, 3.05) is 50.8 Å². The van der Waals surface area contributed by atoms with Gasteiger partial charge in [-0.2, -0.15) is 5.10 Å². The average Bonchev–Trinajstić information content (AvgIpc) is 3.38. The fourth-order valence-electron chi connectivity index (χ4n) is 5.15. The van der Waals surface area contributed by atoms with Crippen LogP contribution in [0.3, 0.4) is 0 Å². The molecule has 0 N–H and O–H groups in total. The number of piperidine rings is 1. The molecule has 6 rings (SSSR count). The van der Waals surface area contributed by atoms with E-state index in [1.807, 2.05) is 66.9 Å². The number of nitrogens with zero attached hydrogens (tertiary/aromatic N) is 6. The molecule has 36 heavy (non-hydrogen) atoms. The van der Waals surface area contributed by atoms with Gasteiger partial charge in [-0.25, -0.2) is 14.6 Å². The number of carbonyl (C=O) groups is 1. The van der Waals surface area contributed by atoms with Gasteiger partial charge in [0.05, 0.1) is 37.4 Å². The highest BCUT2D eigenvalue weighted by Crippen LogP contribution is 2.32. The zero-order chi connectivity index (χ0) is 24.3. The van der Waals surface area contributed by atoms with Gasteiger partial charge in [-0.3, -0.25) is 9.69 Å². The highest BCUT2D eigenvalue weighted by Gasteiger charge is 2.27. The average molecular weight is 483 g/mol. The molecule has 4 heterocycles. The van der Waals surface area contributed by atoms with Gasteiger partial charge in [0, 0.05) is 37.3 Å². The summed E-state index contributed by atoms with van der Waals surface area (Å²) in [5.74, 6) is 1.82. The zero-order valence-corrected chi connectivity index (χ0v) is 20.3. The van der Waals surface area contributed by atoms with Crippen LogP contribution in [0.4, 0.5) is 5.82 Å². The van der Waals surface area contributed by atoms with Gasteiger partial charge in [-0.05, 0) is 12.8 Å². The van der Waals surface area contributed by atoms with E-state index < -0.39 is 0 Å². The van der Waals surface area contributed by atoms with E-state index >= 15 is 0 Å². The number of benzene rings is 2. The SMILES string of the molecule is O=C(CN1CCC(n2ncc3c(N4CCOCC4)nc(-c4ccccc4)nc32)CC1)c1ccccc1. The largest absolute Gasteiger partial charge is 0.378 e. The Hall–Kier alpha value is -3.62. The minimum atomic E-state index is 0.175. The third-order valence-electron chi connectivity index (χ3n) is 7.14. The van der Waals surface area contributed by atoms with Crippen molar-refractivity contribution in [3.8, 4) is 11.4 Å². The van der Waals surface area contributed by atoms with Crippen molar-refractivity contribution < 1.29 is 9.53 Å². The van der Waals surface area contributed by atoms with E-state index in [4.69, 9.17) is 19.8 Å². The highest BCUT2D eigenvalue weighted by atomic mass is 16.5. The second-order valence-electron chi connectivity index (χ2n) is 9.46. The van der Waals surface area contributed by atoms with Crippen molar-refractivity contribution in [1.82, 2.24) is 24.6 Å². The Bertz CT molecular complexity index is 1330. The number of carbonyl (C=O) groups excluding carboxylic acids is 1. The topological polar surface area (TPSA) is 76.4 Å². The maximum atomic E-state index is 12.7. The van der Waals surface area contributed by atoms with Crippen molar-refractivity contribution in [2.45, 2.75) is 18.9 Å². The fraction of sp³-hybridized carbons (Fsp3) is 0.357. The first-order chi connectivity index (χ1) is 17.8. The van der Waals surface area contributed by atoms with Crippen LogP contribution in [-0.2, 0) is 4.74 Å². The van der Waals surface area contributed by atoms with Crippen molar-refractivity contribution in [3.05, 3.63) is 72.4 Å². The Kier molecular flexibility index (Phi) is 6.44. The lowest BCUT2D eigenvalue weighted by Gasteiger charge is -2.32. The van der Waals surface area contributed by atoms with Gasteiger partial charge < -0.3 is 9.64 Å².